The van der Waals surface area contributed by atoms with Gasteiger partial charge in [-0.3, -0.25) is 0 Å². The fourth-order valence-electron chi connectivity index (χ4n) is 10.6. The average Bonchev–Trinajstić information content (AvgIpc) is 3.21. The van der Waals surface area contributed by atoms with Crippen molar-refractivity contribution in [3.63, 3.8) is 0 Å². The molecule has 7 N–H and O–H groups in total. The average molecular weight is 585 g/mol. The van der Waals surface area contributed by atoms with Gasteiger partial charge < -0.3 is 45.2 Å². The van der Waals surface area contributed by atoms with Crippen LogP contribution in [0.4, 0.5) is 0 Å². The maximum absolute atomic E-state index is 11.6. The molecule has 41 heavy (non-hydrogen) atoms. The third-order valence-electron chi connectivity index (χ3n) is 13.0. The molecule has 9 heteroatoms. The maximum Gasteiger partial charge on any atom is 0.186 e. The normalized spacial score (nSPS) is 52.2. The van der Waals surface area contributed by atoms with Gasteiger partial charge in [-0.15, -0.1) is 0 Å². The lowest BCUT2D eigenvalue weighted by atomic mass is 9.43. The molecule has 0 spiro atoms. The molecule has 17 atom stereocenters. The highest BCUT2D eigenvalue weighted by Gasteiger charge is 2.64. The molecule has 0 radical (unpaired) electrons. The van der Waals surface area contributed by atoms with Crippen molar-refractivity contribution >= 4 is 0 Å². The Labute approximate surface area is 245 Å². The molecule has 238 valence electrons. The van der Waals surface area contributed by atoms with E-state index in [1.165, 1.54) is 0 Å². The first-order chi connectivity index (χ1) is 19.3. The van der Waals surface area contributed by atoms with Gasteiger partial charge in [0.2, 0.25) is 0 Å². The molecule has 1 heterocycles. The number of rotatable bonds is 8. The van der Waals surface area contributed by atoms with E-state index < -0.39 is 42.9 Å². The molecule has 1 aliphatic heterocycles. The van der Waals surface area contributed by atoms with Crippen molar-refractivity contribution in [2.24, 2.45) is 52.3 Å². The number of aliphatic hydroxyl groups is 7. The van der Waals surface area contributed by atoms with Crippen LogP contribution in [0.25, 0.3) is 0 Å². The summed E-state index contributed by atoms with van der Waals surface area (Å²) in [5.41, 5.74) is -0.0222. The van der Waals surface area contributed by atoms with E-state index in [1.807, 2.05) is 6.92 Å². The van der Waals surface area contributed by atoms with E-state index in [9.17, 15) is 35.7 Å². The Morgan fingerprint density at radius 2 is 1.51 bits per heavy atom. The van der Waals surface area contributed by atoms with Crippen LogP contribution in [0.15, 0.2) is 0 Å². The molecule has 2 unspecified atom stereocenters. The Bertz CT molecular complexity index is 889. The summed E-state index contributed by atoms with van der Waals surface area (Å²) in [6, 6.07) is 0. The highest BCUT2D eigenvalue weighted by atomic mass is 16.7. The Balaban J connectivity index is 1.27. The SMILES string of the molecule is CC(CO)C(CC[C@@H](C)[C@H]1C[C@H](O)[C@H]2[C@@H]3C[C@@H](O)[C@H]4C[C@@H](O)CC[C@]4(C)[C@H]3CC[C@@]21C)O[C@@H]1OC[C@@H](O)[C@H](O)[C@H]1O. The summed E-state index contributed by atoms with van der Waals surface area (Å²) in [5, 5.41) is 73.4. The van der Waals surface area contributed by atoms with Crippen LogP contribution < -0.4 is 0 Å². The van der Waals surface area contributed by atoms with Gasteiger partial charge in [-0.1, -0.05) is 27.7 Å². The summed E-state index contributed by atoms with van der Waals surface area (Å²) in [5.74, 6) is 1.43. The van der Waals surface area contributed by atoms with Crippen LogP contribution in [0, 0.1) is 52.3 Å². The van der Waals surface area contributed by atoms with Crippen LogP contribution in [-0.4, -0.2) is 98.0 Å². The minimum atomic E-state index is -1.37. The van der Waals surface area contributed by atoms with Crippen molar-refractivity contribution < 1.29 is 45.2 Å². The maximum atomic E-state index is 11.6. The lowest BCUT2D eigenvalue weighted by Crippen LogP contribution is -2.59. The van der Waals surface area contributed by atoms with E-state index in [2.05, 4.69) is 20.8 Å². The van der Waals surface area contributed by atoms with Gasteiger partial charge in [-0.05, 0) is 104 Å². The Kier molecular flexibility index (Phi) is 9.54. The summed E-state index contributed by atoms with van der Waals surface area (Å²) in [7, 11) is 0. The van der Waals surface area contributed by atoms with Gasteiger partial charge in [0, 0.05) is 12.5 Å². The topological polar surface area (TPSA) is 160 Å². The molecule has 4 saturated carbocycles. The first-order valence-electron chi connectivity index (χ1n) is 16.3. The van der Waals surface area contributed by atoms with Gasteiger partial charge in [0.05, 0.1) is 31.0 Å². The molecule has 5 aliphatic rings. The monoisotopic (exact) mass is 584 g/mol. The van der Waals surface area contributed by atoms with Crippen LogP contribution in [0.2, 0.25) is 0 Å². The van der Waals surface area contributed by atoms with E-state index in [1.54, 1.807) is 0 Å². The molecule has 4 aliphatic carbocycles. The van der Waals surface area contributed by atoms with Gasteiger partial charge in [0.1, 0.15) is 18.3 Å². The van der Waals surface area contributed by atoms with Crippen molar-refractivity contribution in [2.45, 2.75) is 135 Å². The molecule has 9 nitrogen and oxygen atoms in total. The van der Waals surface area contributed by atoms with Crippen LogP contribution in [-0.2, 0) is 9.47 Å². The number of ether oxygens (including phenoxy) is 2. The van der Waals surface area contributed by atoms with Crippen LogP contribution in [0.3, 0.4) is 0 Å². The Hall–Kier alpha value is -0.360. The number of hydrogen-bond donors (Lipinski definition) is 7. The fraction of sp³-hybridized carbons (Fsp3) is 1.00. The zero-order valence-corrected chi connectivity index (χ0v) is 25.4. The summed E-state index contributed by atoms with van der Waals surface area (Å²) >= 11 is 0. The molecule has 1 saturated heterocycles. The van der Waals surface area contributed by atoms with E-state index >= 15 is 0 Å². The summed E-state index contributed by atoms with van der Waals surface area (Å²) in [4.78, 5) is 0. The summed E-state index contributed by atoms with van der Waals surface area (Å²) in [6.07, 6.45) is 0.976. The predicted molar refractivity (Wildman–Crippen MR) is 151 cm³/mol. The van der Waals surface area contributed by atoms with Crippen molar-refractivity contribution in [1.29, 1.82) is 0 Å². The number of fused-ring (bicyclic) bond motifs is 5. The second-order valence-corrected chi connectivity index (χ2v) is 15.2. The third-order valence-corrected chi connectivity index (χ3v) is 13.0. The molecule has 0 amide bonds. The second kappa shape index (κ2) is 12.2. The highest BCUT2D eigenvalue weighted by Crippen LogP contribution is 2.68. The quantitative estimate of drug-likeness (QED) is 0.226. The van der Waals surface area contributed by atoms with Crippen molar-refractivity contribution in [3.05, 3.63) is 0 Å². The molecule has 0 bridgehead atoms. The molecular weight excluding hydrogens is 528 g/mol. The molecule has 0 aromatic carbocycles. The highest BCUT2D eigenvalue weighted by molar-refractivity contribution is 5.13. The summed E-state index contributed by atoms with van der Waals surface area (Å²) < 4.78 is 11.6. The first kappa shape index (κ1) is 32.0. The molecule has 5 rings (SSSR count). The van der Waals surface area contributed by atoms with Crippen molar-refractivity contribution in [2.75, 3.05) is 13.2 Å². The van der Waals surface area contributed by atoms with E-state index in [0.29, 0.717) is 37.0 Å². The summed E-state index contributed by atoms with van der Waals surface area (Å²) in [6.45, 7) is 8.62. The Morgan fingerprint density at radius 1 is 0.805 bits per heavy atom. The zero-order chi connectivity index (χ0) is 29.9. The molecule has 0 aromatic heterocycles. The van der Waals surface area contributed by atoms with Crippen LogP contribution in [0.1, 0.15) is 85.5 Å². The second-order valence-electron chi connectivity index (χ2n) is 15.2. The molecular formula is C32H56O9. The zero-order valence-electron chi connectivity index (χ0n) is 25.4. The largest absolute Gasteiger partial charge is 0.396 e. The van der Waals surface area contributed by atoms with Gasteiger partial charge in [-0.2, -0.15) is 0 Å². The number of aliphatic hydroxyl groups excluding tert-OH is 7. The van der Waals surface area contributed by atoms with Crippen LogP contribution in [0.5, 0.6) is 0 Å². The standard InChI is InChI=1S/C32H56O9/c1-16(5-6-26(17(2)14-33)41-30-29(39)28(38)25(37)15-40-30)21-13-24(36)27-19-12-23(35)22-11-18(34)7-9-31(22,3)20(19)8-10-32(21,27)4/h16-30,33-39H,5-15H2,1-4H3/t16-,17?,18+,19-,20+,21-,22-,23-,24+,25-,26?,27-,28+,29-,30+,31-,32-/m1/s1. The third kappa shape index (κ3) is 5.66. The van der Waals surface area contributed by atoms with E-state index in [0.717, 1.165) is 38.5 Å². The Morgan fingerprint density at radius 3 is 2.22 bits per heavy atom. The minimum absolute atomic E-state index is 0.00663. The van der Waals surface area contributed by atoms with Gasteiger partial charge in [-0.25, -0.2) is 0 Å². The van der Waals surface area contributed by atoms with Crippen LogP contribution >= 0.6 is 0 Å². The molecule has 0 aromatic rings. The van der Waals surface area contributed by atoms with Gasteiger partial charge in [0.25, 0.3) is 0 Å². The lowest BCUT2D eigenvalue weighted by Gasteiger charge is -2.62. The van der Waals surface area contributed by atoms with Crippen molar-refractivity contribution in [1.82, 2.24) is 0 Å². The predicted octanol–water partition coefficient (Wildman–Crippen LogP) is 1.82. The number of hydrogen-bond acceptors (Lipinski definition) is 9. The van der Waals surface area contributed by atoms with Crippen molar-refractivity contribution in [3.8, 4) is 0 Å². The fourth-order valence-corrected chi connectivity index (χ4v) is 10.6. The molecule has 5 fully saturated rings. The van der Waals surface area contributed by atoms with Gasteiger partial charge in [0.15, 0.2) is 6.29 Å². The van der Waals surface area contributed by atoms with E-state index in [-0.39, 0.29) is 53.8 Å². The smallest absolute Gasteiger partial charge is 0.186 e. The lowest BCUT2D eigenvalue weighted by molar-refractivity contribution is -0.288. The first-order valence-corrected chi connectivity index (χ1v) is 16.3. The van der Waals surface area contributed by atoms with Gasteiger partial charge >= 0.3 is 0 Å². The minimum Gasteiger partial charge on any atom is -0.396 e. The van der Waals surface area contributed by atoms with E-state index in [4.69, 9.17) is 9.47 Å².